The molecule has 1 N–H and O–H groups in total. The highest BCUT2D eigenvalue weighted by molar-refractivity contribution is 7.09. The first-order chi connectivity index (χ1) is 13.1. The fraction of sp³-hybridized carbons (Fsp3) is 0.842. The van der Waals surface area contributed by atoms with Gasteiger partial charge in [0, 0.05) is 63.8 Å². The van der Waals surface area contributed by atoms with E-state index in [0.29, 0.717) is 6.04 Å². The first-order valence-corrected chi connectivity index (χ1v) is 11.1. The zero-order valence-electron chi connectivity index (χ0n) is 17.3. The molecule has 1 atom stereocenters. The molecule has 1 aromatic rings. The Morgan fingerprint density at radius 1 is 1.22 bits per heavy atom. The highest BCUT2D eigenvalue weighted by Gasteiger charge is 2.24. The summed E-state index contributed by atoms with van der Waals surface area (Å²) in [5.41, 5.74) is 0. The highest BCUT2D eigenvalue weighted by atomic mass is 32.1. The summed E-state index contributed by atoms with van der Waals surface area (Å²) in [4.78, 5) is 16.5. The van der Waals surface area contributed by atoms with Gasteiger partial charge in [0.15, 0.2) is 5.96 Å². The number of aliphatic imine (C=N–C) groups is 1. The van der Waals surface area contributed by atoms with Gasteiger partial charge in [-0.15, -0.1) is 0 Å². The summed E-state index contributed by atoms with van der Waals surface area (Å²) in [5, 5.41) is 4.66. The van der Waals surface area contributed by atoms with Gasteiger partial charge >= 0.3 is 0 Å². The van der Waals surface area contributed by atoms with E-state index >= 15 is 0 Å². The number of aryl methyl sites for hydroxylation is 1. The summed E-state index contributed by atoms with van der Waals surface area (Å²) in [6.45, 7) is 14.1. The molecule has 3 rings (SSSR count). The zero-order valence-corrected chi connectivity index (χ0v) is 18.1. The number of piperidine rings is 1. The van der Waals surface area contributed by atoms with E-state index in [1.807, 2.05) is 7.05 Å². The Morgan fingerprint density at radius 2 is 1.93 bits per heavy atom. The van der Waals surface area contributed by atoms with E-state index in [4.69, 9.17) is 0 Å². The molecule has 0 radical (unpaired) electrons. The minimum absolute atomic E-state index is 0.546. The minimum atomic E-state index is 0.546. The van der Waals surface area contributed by atoms with E-state index in [1.54, 1.807) is 0 Å². The molecule has 8 heteroatoms. The quantitative estimate of drug-likeness (QED) is 0.609. The molecule has 152 valence electrons. The van der Waals surface area contributed by atoms with E-state index in [2.05, 4.69) is 55.1 Å². The second-order valence-electron chi connectivity index (χ2n) is 7.82. The van der Waals surface area contributed by atoms with E-state index < -0.39 is 0 Å². The first kappa shape index (κ1) is 20.3. The molecule has 1 unspecified atom stereocenters. The number of piperazine rings is 1. The Balaban J connectivity index is 1.44. The lowest BCUT2D eigenvalue weighted by atomic mass is 9.98. The van der Waals surface area contributed by atoms with Crippen molar-refractivity contribution in [2.24, 2.45) is 10.9 Å². The van der Waals surface area contributed by atoms with Crippen LogP contribution in [0, 0.1) is 5.92 Å². The predicted octanol–water partition coefficient (Wildman–Crippen LogP) is 1.92. The predicted molar refractivity (Wildman–Crippen MR) is 114 cm³/mol. The summed E-state index contributed by atoms with van der Waals surface area (Å²) in [6.07, 6.45) is 3.56. The molecule has 7 nitrogen and oxygen atoms in total. The summed E-state index contributed by atoms with van der Waals surface area (Å²) in [7, 11) is 1.89. The van der Waals surface area contributed by atoms with Gasteiger partial charge in [0.2, 0.25) is 5.13 Å². The Kier molecular flexibility index (Phi) is 7.29. The molecule has 0 saturated carbocycles. The van der Waals surface area contributed by atoms with E-state index in [0.717, 1.165) is 62.0 Å². The normalized spacial score (nSPS) is 21.6. The van der Waals surface area contributed by atoms with Crippen molar-refractivity contribution in [3.8, 4) is 0 Å². The first-order valence-electron chi connectivity index (χ1n) is 10.4. The van der Waals surface area contributed by atoms with Gasteiger partial charge in [-0.25, -0.2) is 4.98 Å². The van der Waals surface area contributed by atoms with Crippen LogP contribution in [0.2, 0.25) is 0 Å². The van der Waals surface area contributed by atoms with Crippen molar-refractivity contribution in [3.05, 3.63) is 5.82 Å². The molecule has 0 amide bonds. The maximum atomic E-state index is 4.62. The Morgan fingerprint density at radius 3 is 2.52 bits per heavy atom. The van der Waals surface area contributed by atoms with Crippen LogP contribution in [0.3, 0.4) is 0 Å². The van der Waals surface area contributed by atoms with Gasteiger partial charge in [0.25, 0.3) is 0 Å². The molecule has 0 bridgehead atoms. The topological polar surface area (TPSA) is 59.9 Å². The Labute approximate surface area is 168 Å². The van der Waals surface area contributed by atoms with Gasteiger partial charge in [0.1, 0.15) is 5.82 Å². The monoisotopic (exact) mass is 393 g/mol. The second kappa shape index (κ2) is 9.68. The molecule has 0 spiro atoms. The van der Waals surface area contributed by atoms with Gasteiger partial charge in [-0.1, -0.05) is 13.8 Å². The number of likely N-dealkylation sites (tertiary alicyclic amines) is 1. The molecule has 1 aromatic heterocycles. The van der Waals surface area contributed by atoms with Gasteiger partial charge in [-0.3, -0.25) is 9.89 Å². The molecule has 2 fully saturated rings. The highest BCUT2D eigenvalue weighted by Crippen LogP contribution is 2.20. The summed E-state index contributed by atoms with van der Waals surface area (Å²) in [5.74, 6) is 2.86. The molecular weight excluding hydrogens is 358 g/mol. The Bertz CT molecular complexity index is 601. The molecule has 0 aliphatic carbocycles. The number of hydrogen-bond acceptors (Lipinski definition) is 6. The van der Waals surface area contributed by atoms with Crippen LogP contribution < -0.4 is 10.2 Å². The molecule has 2 aliphatic heterocycles. The van der Waals surface area contributed by atoms with Gasteiger partial charge in [-0.2, -0.15) is 4.37 Å². The zero-order chi connectivity index (χ0) is 19.2. The fourth-order valence-corrected chi connectivity index (χ4v) is 4.60. The third kappa shape index (κ3) is 5.31. The molecular formula is C19H35N7S. The van der Waals surface area contributed by atoms with Crippen LogP contribution in [-0.2, 0) is 6.42 Å². The van der Waals surface area contributed by atoms with Crippen molar-refractivity contribution in [1.82, 2.24) is 24.5 Å². The van der Waals surface area contributed by atoms with Crippen molar-refractivity contribution in [2.45, 2.75) is 46.1 Å². The average molecular weight is 394 g/mol. The average Bonchev–Trinajstić information content (AvgIpc) is 3.18. The summed E-state index contributed by atoms with van der Waals surface area (Å²) < 4.78 is 4.41. The summed E-state index contributed by atoms with van der Waals surface area (Å²) >= 11 is 1.52. The lowest BCUT2D eigenvalue weighted by Crippen LogP contribution is -2.54. The van der Waals surface area contributed by atoms with Crippen molar-refractivity contribution >= 4 is 22.6 Å². The second-order valence-corrected chi connectivity index (χ2v) is 8.55. The van der Waals surface area contributed by atoms with Crippen LogP contribution in [0.4, 0.5) is 5.13 Å². The molecule has 2 saturated heterocycles. The van der Waals surface area contributed by atoms with Crippen molar-refractivity contribution in [2.75, 3.05) is 57.8 Å². The van der Waals surface area contributed by atoms with Crippen LogP contribution in [0.1, 0.15) is 39.4 Å². The van der Waals surface area contributed by atoms with E-state index in [1.165, 1.54) is 37.5 Å². The molecule has 27 heavy (non-hydrogen) atoms. The Hall–Kier alpha value is -1.41. The maximum absolute atomic E-state index is 4.62. The van der Waals surface area contributed by atoms with Gasteiger partial charge in [0.05, 0.1) is 0 Å². The lowest BCUT2D eigenvalue weighted by molar-refractivity contribution is 0.147. The van der Waals surface area contributed by atoms with Crippen molar-refractivity contribution < 1.29 is 0 Å². The van der Waals surface area contributed by atoms with Crippen LogP contribution in [0.5, 0.6) is 0 Å². The third-order valence-electron chi connectivity index (χ3n) is 5.83. The van der Waals surface area contributed by atoms with Gasteiger partial charge in [-0.05, 0) is 38.8 Å². The number of rotatable bonds is 5. The molecule has 3 heterocycles. The van der Waals surface area contributed by atoms with Crippen molar-refractivity contribution in [1.29, 1.82) is 0 Å². The van der Waals surface area contributed by atoms with Gasteiger partial charge < -0.3 is 15.1 Å². The van der Waals surface area contributed by atoms with Crippen LogP contribution >= 0.6 is 11.5 Å². The molecule has 2 aliphatic rings. The van der Waals surface area contributed by atoms with E-state index in [9.17, 15) is 0 Å². The number of anilines is 1. The standard InChI is InChI=1S/C19H35N7S/c1-5-17-22-19(27-23-17)26-12-10-25(11-13-26)18(20-4)21-14-16(3)24-8-6-15(2)7-9-24/h15-16H,5-14H2,1-4H3,(H,20,21). The van der Waals surface area contributed by atoms with Crippen molar-refractivity contribution in [3.63, 3.8) is 0 Å². The number of nitrogens with one attached hydrogen (secondary N) is 1. The fourth-order valence-electron chi connectivity index (χ4n) is 3.80. The maximum Gasteiger partial charge on any atom is 0.205 e. The molecule has 0 aromatic carbocycles. The van der Waals surface area contributed by atoms with Crippen LogP contribution in [0.25, 0.3) is 0 Å². The number of aromatic nitrogens is 2. The van der Waals surface area contributed by atoms with Crippen LogP contribution in [0.15, 0.2) is 4.99 Å². The minimum Gasteiger partial charge on any atom is -0.355 e. The number of nitrogens with zero attached hydrogens (tertiary/aromatic N) is 6. The SMILES string of the molecule is CCc1nsc(N2CCN(C(=NC)NCC(C)N3CCC(C)CC3)CC2)n1. The number of hydrogen-bond donors (Lipinski definition) is 1. The van der Waals surface area contributed by atoms with E-state index in [-0.39, 0.29) is 0 Å². The number of guanidine groups is 1. The smallest absolute Gasteiger partial charge is 0.205 e. The lowest BCUT2D eigenvalue weighted by Gasteiger charge is -2.38. The summed E-state index contributed by atoms with van der Waals surface area (Å²) in [6, 6.07) is 0.546. The van der Waals surface area contributed by atoms with Crippen LogP contribution in [-0.4, -0.2) is 84.0 Å². The largest absolute Gasteiger partial charge is 0.355 e. The third-order valence-corrected chi connectivity index (χ3v) is 6.65.